The van der Waals surface area contributed by atoms with Gasteiger partial charge in [-0.2, -0.15) is 4.57 Å². The fourth-order valence-electron chi connectivity index (χ4n) is 4.98. The van der Waals surface area contributed by atoms with Gasteiger partial charge in [0.25, 0.3) is 5.01 Å². The highest BCUT2D eigenvalue weighted by Crippen LogP contribution is 2.48. The number of rotatable bonds is 5. The molecule has 0 atom stereocenters. The topological polar surface area (TPSA) is 7.12 Å². The third kappa shape index (κ3) is 4.00. The number of nitrogens with zero attached hydrogens (tertiary/aromatic N) is 2. The monoisotopic (exact) mass is 525 g/mol. The maximum absolute atomic E-state index is 2.48. The summed E-state index contributed by atoms with van der Waals surface area (Å²) in [5, 5.41) is 7.39. The predicted octanol–water partition coefficient (Wildman–Crippen LogP) is 9.05. The van der Waals surface area contributed by atoms with Gasteiger partial charge in [-0.25, -0.2) is 0 Å². The first-order valence-corrected chi connectivity index (χ1v) is 15.0. The molecule has 0 spiro atoms. The number of fused-ring (bicyclic) bond motifs is 4. The smallest absolute Gasteiger partial charge is 0.263 e. The molecule has 0 bridgehead atoms. The fraction of sp³-hybridized carbons (Fsp3) is 0.194. The Morgan fingerprint density at radius 2 is 1.81 bits per heavy atom. The van der Waals surface area contributed by atoms with Crippen LogP contribution in [0.2, 0.25) is 0 Å². The molecule has 36 heavy (non-hydrogen) atoms. The molecule has 2 nitrogen and oxygen atoms in total. The van der Waals surface area contributed by atoms with Gasteiger partial charge in [-0.3, -0.25) is 0 Å². The molecular formula is C31H29N2S3+. The van der Waals surface area contributed by atoms with Gasteiger partial charge >= 0.3 is 0 Å². The summed E-state index contributed by atoms with van der Waals surface area (Å²) >= 11 is 5.59. The van der Waals surface area contributed by atoms with Crippen LogP contribution in [0, 0.1) is 13.8 Å². The Morgan fingerprint density at radius 3 is 2.58 bits per heavy atom. The molecule has 0 radical (unpaired) electrons. The lowest BCUT2D eigenvalue weighted by atomic mass is 10.1. The minimum absolute atomic E-state index is 0.938. The van der Waals surface area contributed by atoms with Crippen molar-refractivity contribution in [2.24, 2.45) is 0 Å². The summed E-state index contributed by atoms with van der Waals surface area (Å²) in [5.74, 6) is 0. The first-order chi connectivity index (χ1) is 17.6. The molecule has 0 saturated carbocycles. The van der Waals surface area contributed by atoms with Gasteiger partial charge in [0.05, 0.1) is 16.1 Å². The quantitative estimate of drug-likeness (QED) is 0.211. The molecule has 0 fully saturated rings. The zero-order valence-corrected chi connectivity index (χ0v) is 23.5. The second-order valence-electron chi connectivity index (χ2n) is 9.13. The SMILES string of the molecule is CCN1/C(=C/C(=C/c2sc3ccc4ccccc4c3[n+]2CC)c2cccs2)Sc2cc(C)c(C)cc21. The molecule has 5 heteroatoms. The second-order valence-corrected chi connectivity index (χ2v) is 12.2. The Kier molecular flexibility index (Phi) is 6.24. The molecule has 3 heterocycles. The summed E-state index contributed by atoms with van der Waals surface area (Å²) < 4.78 is 3.82. The fourth-order valence-corrected chi connectivity index (χ4v) is 8.14. The highest BCUT2D eigenvalue weighted by Gasteiger charge is 2.26. The van der Waals surface area contributed by atoms with Gasteiger partial charge in [0, 0.05) is 28.0 Å². The summed E-state index contributed by atoms with van der Waals surface area (Å²) in [5.41, 5.74) is 6.65. The van der Waals surface area contributed by atoms with E-state index in [4.69, 9.17) is 0 Å². The standard InChI is InChI=1S/C31H29N2S3/c1-5-32-25-16-20(3)21(4)17-28(25)36-29(32)18-23(26-12-9-15-34-26)19-30-33(6-2)31-24-11-8-7-10-22(24)13-14-27(31)35-30/h7-19H,5-6H2,1-4H3/q+1. The third-order valence-corrected chi connectivity index (χ3v) is 10.1. The summed E-state index contributed by atoms with van der Waals surface area (Å²) in [6.45, 7) is 10.8. The van der Waals surface area contributed by atoms with Crippen LogP contribution in [-0.4, -0.2) is 6.54 Å². The van der Waals surface area contributed by atoms with E-state index in [9.17, 15) is 0 Å². The Morgan fingerprint density at radius 1 is 0.972 bits per heavy atom. The van der Waals surface area contributed by atoms with Crippen molar-refractivity contribution >= 4 is 72.8 Å². The molecule has 2 aromatic heterocycles. The Labute approximate surface area is 225 Å². The van der Waals surface area contributed by atoms with E-state index in [2.05, 4.69) is 115 Å². The van der Waals surface area contributed by atoms with Crippen LogP contribution in [-0.2, 0) is 6.54 Å². The summed E-state index contributed by atoms with van der Waals surface area (Å²) in [7, 11) is 0. The lowest BCUT2D eigenvalue weighted by Crippen LogP contribution is -2.33. The number of aromatic nitrogens is 1. The molecule has 1 aliphatic rings. The maximum Gasteiger partial charge on any atom is 0.263 e. The predicted molar refractivity (Wildman–Crippen MR) is 160 cm³/mol. The van der Waals surface area contributed by atoms with Gasteiger partial charge in [0.2, 0.25) is 5.52 Å². The third-order valence-electron chi connectivity index (χ3n) is 6.96. The minimum atomic E-state index is 0.938. The van der Waals surface area contributed by atoms with Crippen LogP contribution in [0.5, 0.6) is 0 Å². The van der Waals surface area contributed by atoms with E-state index >= 15 is 0 Å². The normalized spacial score (nSPS) is 14.9. The van der Waals surface area contributed by atoms with Crippen molar-refractivity contribution in [2.45, 2.75) is 39.1 Å². The van der Waals surface area contributed by atoms with Crippen LogP contribution in [0.3, 0.4) is 0 Å². The number of hydrogen-bond donors (Lipinski definition) is 0. The van der Waals surface area contributed by atoms with Gasteiger partial charge in [-0.05, 0) is 86.0 Å². The van der Waals surface area contributed by atoms with Crippen molar-refractivity contribution in [3.63, 3.8) is 0 Å². The number of benzene rings is 3. The molecule has 3 aromatic carbocycles. The molecule has 0 N–H and O–H groups in total. The largest absolute Gasteiger partial charge is 0.335 e. The maximum atomic E-state index is 2.48. The summed E-state index contributed by atoms with van der Waals surface area (Å²) in [4.78, 5) is 5.11. The molecule has 6 rings (SSSR count). The van der Waals surface area contributed by atoms with Crippen LogP contribution in [0.4, 0.5) is 5.69 Å². The van der Waals surface area contributed by atoms with E-state index in [1.54, 1.807) is 0 Å². The van der Waals surface area contributed by atoms with Gasteiger partial charge in [0.1, 0.15) is 11.2 Å². The van der Waals surface area contributed by atoms with Crippen LogP contribution in [0.15, 0.2) is 82.0 Å². The van der Waals surface area contributed by atoms with Crippen molar-refractivity contribution in [3.05, 3.63) is 98.2 Å². The van der Waals surface area contributed by atoms with E-state index in [0.29, 0.717) is 0 Å². The van der Waals surface area contributed by atoms with Crippen LogP contribution in [0.1, 0.15) is 34.9 Å². The number of hydrogen-bond acceptors (Lipinski definition) is 4. The highest BCUT2D eigenvalue weighted by atomic mass is 32.2. The van der Waals surface area contributed by atoms with E-state index in [-0.39, 0.29) is 0 Å². The number of aryl methyl sites for hydroxylation is 3. The van der Waals surface area contributed by atoms with Crippen molar-refractivity contribution < 1.29 is 4.57 Å². The number of allylic oxidation sites excluding steroid dienone is 2. The molecule has 0 amide bonds. The second kappa shape index (κ2) is 9.55. The van der Waals surface area contributed by atoms with Crippen molar-refractivity contribution in [3.8, 4) is 0 Å². The van der Waals surface area contributed by atoms with Crippen molar-refractivity contribution in [1.29, 1.82) is 0 Å². The van der Waals surface area contributed by atoms with Gasteiger partial charge < -0.3 is 4.90 Å². The van der Waals surface area contributed by atoms with E-state index in [1.807, 2.05) is 34.4 Å². The molecule has 180 valence electrons. The Balaban J connectivity index is 1.52. The number of thioether (sulfide) groups is 1. The molecular weight excluding hydrogens is 497 g/mol. The molecule has 0 aliphatic carbocycles. The summed E-state index contributed by atoms with van der Waals surface area (Å²) in [6.07, 6.45) is 4.79. The number of thiophene rings is 1. The molecule has 1 aliphatic heterocycles. The lowest BCUT2D eigenvalue weighted by Gasteiger charge is -2.19. The average molecular weight is 526 g/mol. The van der Waals surface area contributed by atoms with Crippen LogP contribution >= 0.6 is 34.4 Å². The Hall–Kier alpha value is -2.86. The molecule has 0 saturated heterocycles. The Bertz CT molecular complexity index is 1650. The van der Waals surface area contributed by atoms with Gasteiger partial charge in [-0.1, -0.05) is 53.4 Å². The van der Waals surface area contributed by atoms with E-state index in [0.717, 1.165) is 13.1 Å². The number of thiazole rings is 1. The summed E-state index contributed by atoms with van der Waals surface area (Å²) in [6, 6.07) is 22.3. The first kappa shape index (κ1) is 23.5. The minimum Gasteiger partial charge on any atom is -0.335 e. The van der Waals surface area contributed by atoms with E-state index in [1.165, 1.54) is 63.2 Å². The number of anilines is 1. The van der Waals surface area contributed by atoms with Crippen molar-refractivity contribution in [2.75, 3.05) is 11.4 Å². The van der Waals surface area contributed by atoms with E-state index < -0.39 is 0 Å². The zero-order chi connectivity index (χ0) is 24.8. The highest BCUT2D eigenvalue weighted by molar-refractivity contribution is 8.03. The van der Waals surface area contributed by atoms with Crippen LogP contribution < -0.4 is 9.47 Å². The van der Waals surface area contributed by atoms with Crippen LogP contribution in [0.25, 0.3) is 32.6 Å². The first-order valence-electron chi connectivity index (χ1n) is 12.5. The zero-order valence-electron chi connectivity index (χ0n) is 21.0. The molecule has 0 unspecified atom stereocenters. The van der Waals surface area contributed by atoms with Gasteiger partial charge in [0.15, 0.2) is 0 Å². The average Bonchev–Trinajstić information content (AvgIpc) is 3.61. The molecule has 5 aromatic rings. The van der Waals surface area contributed by atoms with Crippen molar-refractivity contribution in [1.82, 2.24) is 0 Å². The van der Waals surface area contributed by atoms with Gasteiger partial charge in [-0.15, -0.1) is 11.3 Å². The lowest BCUT2D eigenvalue weighted by molar-refractivity contribution is -0.664.